The summed E-state index contributed by atoms with van der Waals surface area (Å²) in [5.41, 5.74) is 4.29. The smallest absolute Gasteiger partial charge is 0.160 e. The lowest BCUT2D eigenvalue weighted by Crippen LogP contribution is -2.26. The van der Waals surface area contributed by atoms with Crippen LogP contribution in [-0.2, 0) is 12.8 Å². The van der Waals surface area contributed by atoms with Crippen LogP contribution in [0.15, 0.2) is 49.1 Å². The molecule has 1 saturated carbocycles. The summed E-state index contributed by atoms with van der Waals surface area (Å²) in [7, 11) is 0. The van der Waals surface area contributed by atoms with Crippen molar-refractivity contribution in [2.75, 3.05) is 0 Å². The Balaban J connectivity index is 1.44. The van der Waals surface area contributed by atoms with E-state index >= 15 is 0 Å². The average Bonchev–Trinajstić information content (AvgIpc) is 2.74. The molecule has 0 radical (unpaired) electrons. The predicted molar refractivity (Wildman–Crippen MR) is 110 cm³/mol. The highest BCUT2D eigenvalue weighted by molar-refractivity contribution is 5.46. The number of halogens is 2. The molecule has 1 fully saturated rings. The Bertz CT molecular complexity index is 923. The van der Waals surface area contributed by atoms with Crippen LogP contribution in [0.5, 0.6) is 0 Å². The van der Waals surface area contributed by atoms with Gasteiger partial charge in [-0.15, -0.1) is 6.58 Å². The molecule has 0 heterocycles. The van der Waals surface area contributed by atoms with E-state index in [-0.39, 0.29) is 0 Å². The number of allylic oxidation sites excluding steroid dienone is 1. The van der Waals surface area contributed by atoms with Gasteiger partial charge in [0.05, 0.1) is 0 Å². The van der Waals surface area contributed by atoms with Gasteiger partial charge in [0.25, 0.3) is 0 Å². The van der Waals surface area contributed by atoms with Crippen LogP contribution in [0.4, 0.5) is 8.78 Å². The number of aryl methyl sites for hydroxylation is 1. The highest BCUT2D eigenvalue weighted by Gasteiger charge is 2.29. The first-order valence-corrected chi connectivity index (χ1v) is 10.3. The molecule has 0 nitrogen and oxygen atoms in total. The fraction of sp³-hybridized carbons (Fsp3) is 0.385. The van der Waals surface area contributed by atoms with Crippen molar-refractivity contribution in [2.45, 2.75) is 44.9 Å². The molecule has 2 aliphatic rings. The largest absolute Gasteiger partial charge is 0.204 e. The topological polar surface area (TPSA) is 0 Å². The first-order valence-electron chi connectivity index (χ1n) is 10.3. The Morgan fingerprint density at radius 3 is 2.21 bits per heavy atom. The van der Waals surface area contributed by atoms with Crippen LogP contribution < -0.4 is 0 Å². The summed E-state index contributed by atoms with van der Waals surface area (Å²) < 4.78 is 26.3. The van der Waals surface area contributed by atoms with Crippen molar-refractivity contribution in [3.8, 4) is 11.8 Å². The molecule has 0 N–H and O–H groups in total. The van der Waals surface area contributed by atoms with Gasteiger partial charge in [0.2, 0.25) is 0 Å². The normalized spacial score (nSPS) is 24.0. The van der Waals surface area contributed by atoms with Crippen LogP contribution in [0.2, 0.25) is 0 Å². The standard InChI is InChI=1S/C26H26F2/c1-2-18-5-9-21(10-6-18)23-13-12-22-15-19(7-11-24(22)17-23)3-4-20-8-14-25(27)26(28)16-20/h2,7-8,11,14-16,18,21,23H,1,5-6,9-10,12-13,17H2. The van der Waals surface area contributed by atoms with Crippen molar-refractivity contribution >= 4 is 0 Å². The molecule has 0 bridgehead atoms. The van der Waals surface area contributed by atoms with Crippen LogP contribution >= 0.6 is 0 Å². The monoisotopic (exact) mass is 376 g/mol. The first-order chi connectivity index (χ1) is 13.6. The Hall–Kier alpha value is -2.40. The Morgan fingerprint density at radius 1 is 0.786 bits per heavy atom. The van der Waals surface area contributed by atoms with E-state index in [1.165, 1.54) is 55.7 Å². The summed E-state index contributed by atoms with van der Waals surface area (Å²) in [5, 5.41) is 0. The zero-order valence-corrected chi connectivity index (χ0v) is 16.2. The van der Waals surface area contributed by atoms with Crippen molar-refractivity contribution in [3.05, 3.63) is 82.9 Å². The highest BCUT2D eigenvalue weighted by atomic mass is 19.2. The lowest BCUT2D eigenvalue weighted by Gasteiger charge is -2.36. The van der Waals surface area contributed by atoms with E-state index in [9.17, 15) is 8.78 Å². The molecule has 2 aliphatic carbocycles. The Kier molecular flexibility index (Phi) is 5.62. The zero-order valence-electron chi connectivity index (χ0n) is 16.2. The van der Waals surface area contributed by atoms with E-state index in [1.807, 2.05) is 0 Å². The molecule has 0 spiro atoms. The van der Waals surface area contributed by atoms with Gasteiger partial charge in [-0.1, -0.05) is 24.0 Å². The van der Waals surface area contributed by atoms with Gasteiger partial charge in [-0.2, -0.15) is 0 Å². The Morgan fingerprint density at radius 2 is 1.50 bits per heavy atom. The number of hydrogen-bond donors (Lipinski definition) is 0. The lowest BCUT2D eigenvalue weighted by atomic mass is 9.70. The van der Waals surface area contributed by atoms with E-state index in [0.717, 1.165) is 41.9 Å². The summed E-state index contributed by atoms with van der Waals surface area (Å²) >= 11 is 0. The predicted octanol–water partition coefficient (Wildman–Crippen LogP) is 6.46. The third kappa shape index (κ3) is 4.20. The van der Waals surface area contributed by atoms with Crippen molar-refractivity contribution in [1.29, 1.82) is 0 Å². The Labute approximate surface area is 166 Å². The average molecular weight is 376 g/mol. The fourth-order valence-electron chi connectivity index (χ4n) is 4.83. The summed E-state index contributed by atoms with van der Waals surface area (Å²) in [5.74, 6) is 6.73. The second-order valence-electron chi connectivity index (χ2n) is 8.28. The first kappa shape index (κ1) is 18.9. The molecule has 2 heteroatoms. The quantitative estimate of drug-likeness (QED) is 0.417. The number of hydrogen-bond acceptors (Lipinski definition) is 0. The molecule has 1 unspecified atom stereocenters. The minimum atomic E-state index is -0.856. The molecule has 0 saturated heterocycles. The van der Waals surface area contributed by atoms with Crippen molar-refractivity contribution < 1.29 is 8.78 Å². The van der Waals surface area contributed by atoms with E-state index in [0.29, 0.717) is 5.56 Å². The van der Waals surface area contributed by atoms with E-state index in [1.54, 1.807) is 0 Å². The van der Waals surface area contributed by atoms with Crippen molar-refractivity contribution in [3.63, 3.8) is 0 Å². The summed E-state index contributed by atoms with van der Waals surface area (Å²) in [6, 6.07) is 10.2. The fourth-order valence-corrected chi connectivity index (χ4v) is 4.83. The van der Waals surface area contributed by atoms with Crippen LogP contribution in [0.3, 0.4) is 0 Å². The SMILES string of the molecule is C=CC1CCC(C2CCc3cc(C#Cc4ccc(F)c(F)c4)ccc3C2)CC1. The van der Waals surface area contributed by atoms with Gasteiger partial charge in [-0.25, -0.2) is 8.78 Å². The third-order valence-corrected chi connectivity index (χ3v) is 6.56. The minimum Gasteiger partial charge on any atom is -0.204 e. The molecular formula is C26H26F2. The van der Waals surface area contributed by atoms with Gasteiger partial charge in [0, 0.05) is 11.1 Å². The van der Waals surface area contributed by atoms with Gasteiger partial charge in [-0.05, 0) is 104 Å². The van der Waals surface area contributed by atoms with Gasteiger partial charge < -0.3 is 0 Å². The van der Waals surface area contributed by atoms with Gasteiger partial charge in [0.1, 0.15) is 0 Å². The molecule has 0 aromatic heterocycles. The van der Waals surface area contributed by atoms with Crippen LogP contribution in [0.1, 0.15) is 54.4 Å². The van der Waals surface area contributed by atoms with Crippen LogP contribution in [-0.4, -0.2) is 0 Å². The summed E-state index contributed by atoms with van der Waals surface area (Å²) in [6.45, 7) is 3.96. The second kappa shape index (κ2) is 8.31. The maximum absolute atomic E-state index is 13.3. The third-order valence-electron chi connectivity index (χ3n) is 6.56. The van der Waals surface area contributed by atoms with Gasteiger partial charge >= 0.3 is 0 Å². The molecule has 2 aromatic rings. The highest BCUT2D eigenvalue weighted by Crippen LogP contribution is 2.39. The molecule has 4 rings (SSSR count). The molecule has 28 heavy (non-hydrogen) atoms. The van der Waals surface area contributed by atoms with Crippen LogP contribution in [0.25, 0.3) is 0 Å². The van der Waals surface area contributed by atoms with E-state index in [2.05, 4.69) is 42.7 Å². The number of fused-ring (bicyclic) bond motifs is 1. The van der Waals surface area contributed by atoms with Gasteiger partial charge in [-0.3, -0.25) is 0 Å². The minimum absolute atomic E-state index is 0.492. The second-order valence-corrected chi connectivity index (χ2v) is 8.28. The van der Waals surface area contributed by atoms with Crippen molar-refractivity contribution in [1.82, 2.24) is 0 Å². The number of benzene rings is 2. The van der Waals surface area contributed by atoms with E-state index < -0.39 is 11.6 Å². The summed E-state index contributed by atoms with van der Waals surface area (Å²) in [4.78, 5) is 0. The lowest BCUT2D eigenvalue weighted by molar-refractivity contribution is 0.206. The van der Waals surface area contributed by atoms with E-state index in [4.69, 9.17) is 0 Å². The maximum Gasteiger partial charge on any atom is 0.160 e. The molecule has 2 aromatic carbocycles. The molecule has 0 amide bonds. The van der Waals surface area contributed by atoms with Gasteiger partial charge in [0.15, 0.2) is 11.6 Å². The maximum atomic E-state index is 13.3. The molecular weight excluding hydrogens is 350 g/mol. The molecule has 144 valence electrons. The number of rotatable bonds is 2. The van der Waals surface area contributed by atoms with Crippen LogP contribution in [0, 0.1) is 41.2 Å². The molecule has 0 aliphatic heterocycles. The summed E-state index contributed by atoms with van der Waals surface area (Å²) in [6.07, 6.45) is 11.0. The zero-order chi connectivity index (χ0) is 19.5. The molecule has 1 atom stereocenters. The van der Waals surface area contributed by atoms with Crippen molar-refractivity contribution in [2.24, 2.45) is 17.8 Å².